The van der Waals surface area contributed by atoms with E-state index in [4.69, 9.17) is 23.2 Å². The Bertz CT molecular complexity index is 1240. The van der Waals surface area contributed by atoms with Crippen LogP contribution in [-0.4, -0.2) is 50.0 Å². The Kier molecular flexibility index (Phi) is 10.3. The third kappa shape index (κ3) is 8.24. The molecular formula is C24H28Cl2F3N3O4S. The van der Waals surface area contributed by atoms with Crippen LogP contribution >= 0.6 is 23.2 Å². The van der Waals surface area contributed by atoms with E-state index in [2.05, 4.69) is 5.32 Å². The summed E-state index contributed by atoms with van der Waals surface area (Å²) >= 11 is 12.3. The van der Waals surface area contributed by atoms with Gasteiger partial charge < -0.3 is 10.2 Å². The summed E-state index contributed by atoms with van der Waals surface area (Å²) in [4.78, 5) is 27.5. The lowest BCUT2D eigenvalue weighted by molar-refractivity contribution is -0.139. The first-order valence-electron chi connectivity index (χ1n) is 11.2. The van der Waals surface area contributed by atoms with E-state index in [0.717, 1.165) is 17.2 Å². The highest BCUT2D eigenvalue weighted by Crippen LogP contribution is 2.36. The maximum absolute atomic E-state index is 13.5. The summed E-state index contributed by atoms with van der Waals surface area (Å²) in [6, 6.07) is 7.52. The molecule has 0 aliphatic rings. The van der Waals surface area contributed by atoms with Gasteiger partial charge in [0, 0.05) is 17.6 Å². The number of carbonyl (C=O) groups excluding carboxylic acids is 2. The first kappa shape index (κ1) is 30.7. The lowest BCUT2D eigenvalue weighted by Gasteiger charge is -2.32. The van der Waals surface area contributed by atoms with Crippen LogP contribution in [0.5, 0.6) is 0 Å². The van der Waals surface area contributed by atoms with Gasteiger partial charge in [-0.15, -0.1) is 0 Å². The maximum Gasteiger partial charge on any atom is 0.416 e. The Morgan fingerprint density at radius 1 is 1.05 bits per heavy atom. The fourth-order valence-corrected chi connectivity index (χ4v) is 4.65. The summed E-state index contributed by atoms with van der Waals surface area (Å²) in [5, 5.41) is 2.79. The number of hydrogen-bond donors (Lipinski definition) is 1. The second-order valence-electron chi connectivity index (χ2n) is 8.54. The van der Waals surface area contributed by atoms with Crippen LogP contribution in [0.2, 0.25) is 10.0 Å². The molecule has 0 unspecified atom stereocenters. The van der Waals surface area contributed by atoms with Gasteiger partial charge in [0.05, 0.1) is 22.5 Å². The molecule has 0 aromatic heterocycles. The van der Waals surface area contributed by atoms with Crippen LogP contribution in [0.3, 0.4) is 0 Å². The van der Waals surface area contributed by atoms with Crippen molar-refractivity contribution < 1.29 is 31.2 Å². The molecule has 0 saturated heterocycles. The van der Waals surface area contributed by atoms with E-state index in [-0.39, 0.29) is 17.6 Å². The van der Waals surface area contributed by atoms with Gasteiger partial charge in [-0.25, -0.2) is 8.42 Å². The van der Waals surface area contributed by atoms with Crippen LogP contribution in [0, 0.1) is 0 Å². The van der Waals surface area contributed by atoms with Crippen molar-refractivity contribution in [1.82, 2.24) is 10.2 Å². The molecule has 0 fully saturated rings. The van der Waals surface area contributed by atoms with Gasteiger partial charge in [-0.1, -0.05) is 48.3 Å². The highest BCUT2D eigenvalue weighted by atomic mass is 35.5. The molecule has 2 aromatic carbocycles. The summed E-state index contributed by atoms with van der Waals surface area (Å²) in [7, 11) is -4.27. The Labute approximate surface area is 224 Å². The van der Waals surface area contributed by atoms with E-state index in [1.165, 1.54) is 6.92 Å². The number of benzene rings is 2. The standard InChI is InChI=1S/C24H28Cl2F3N3O4S/c1-5-15(2)30-23(34)16(3)31(13-17-8-6-7-9-19(17)25)22(33)14-32(37(4,35)36)21-12-18(24(27,28)29)10-11-20(21)26/h6-12,15-16H,5,13-14H2,1-4H3,(H,30,34)/t15-,16+/m0/s1. The minimum absolute atomic E-state index is 0.151. The van der Waals surface area contributed by atoms with Crippen molar-refractivity contribution in [2.45, 2.75) is 52.0 Å². The number of halogens is 5. The van der Waals surface area contributed by atoms with Gasteiger partial charge >= 0.3 is 6.18 Å². The minimum atomic E-state index is -4.77. The zero-order chi connectivity index (χ0) is 28.1. The smallest absolute Gasteiger partial charge is 0.352 e. The Hall–Kier alpha value is -2.50. The topological polar surface area (TPSA) is 86.8 Å². The second kappa shape index (κ2) is 12.4. The summed E-state index contributed by atoms with van der Waals surface area (Å²) in [6.45, 7) is 4.07. The van der Waals surface area contributed by atoms with Crippen molar-refractivity contribution in [2.24, 2.45) is 0 Å². The third-order valence-electron chi connectivity index (χ3n) is 5.69. The number of rotatable bonds is 10. The number of nitrogens with one attached hydrogen (secondary N) is 1. The molecule has 204 valence electrons. The molecule has 0 aliphatic heterocycles. The summed E-state index contributed by atoms with van der Waals surface area (Å²) < 4.78 is 65.7. The van der Waals surface area contributed by atoms with Gasteiger partial charge in [0.25, 0.3) is 0 Å². The van der Waals surface area contributed by atoms with E-state index in [0.29, 0.717) is 33.4 Å². The lowest BCUT2D eigenvalue weighted by Crippen LogP contribution is -2.52. The predicted octanol–water partition coefficient (Wildman–Crippen LogP) is 5.11. The van der Waals surface area contributed by atoms with E-state index >= 15 is 0 Å². The van der Waals surface area contributed by atoms with Gasteiger partial charge in [0.2, 0.25) is 21.8 Å². The summed E-state index contributed by atoms with van der Waals surface area (Å²) in [6.07, 6.45) is -3.40. The molecule has 13 heteroatoms. The van der Waals surface area contributed by atoms with Crippen molar-refractivity contribution in [3.63, 3.8) is 0 Å². The van der Waals surface area contributed by atoms with Gasteiger partial charge in [0.15, 0.2) is 0 Å². The van der Waals surface area contributed by atoms with E-state index in [1.54, 1.807) is 31.2 Å². The number of anilines is 1. The number of carbonyl (C=O) groups is 2. The molecule has 0 spiro atoms. The molecule has 2 amide bonds. The predicted molar refractivity (Wildman–Crippen MR) is 138 cm³/mol. The van der Waals surface area contributed by atoms with Crippen molar-refractivity contribution in [2.75, 3.05) is 17.1 Å². The first-order chi connectivity index (χ1) is 17.1. The molecule has 0 radical (unpaired) electrons. The number of amides is 2. The molecule has 0 bridgehead atoms. The molecule has 37 heavy (non-hydrogen) atoms. The van der Waals surface area contributed by atoms with E-state index < -0.39 is 51.9 Å². The van der Waals surface area contributed by atoms with Crippen LogP contribution in [0.25, 0.3) is 0 Å². The third-order valence-corrected chi connectivity index (χ3v) is 7.50. The summed E-state index contributed by atoms with van der Waals surface area (Å²) in [5.74, 6) is -1.33. The maximum atomic E-state index is 13.5. The zero-order valence-corrected chi connectivity index (χ0v) is 23.0. The van der Waals surface area contributed by atoms with E-state index in [1.807, 2.05) is 6.92 Å². The molecular weight excluding hydrogens is 554 g/mol. The van der Waals surface area contributed by atoms with Crippen molar-refractivity contribution >= 4 is 50.7 Å². The largest absolute Gasteiger partial charge is 0.416 e. The summed E-state index contributed by atoms with van der Waals surface area (Å²) in [5.41, 5.74) is -1.16. The number of hydrogen-bond acceptors (Lipinski definition) is 4. The Morgan fingerprint density at radius 2 is 1.68 bits per heavy atom. The molecule has 0 heterocycles. The second-order valence-corrected chi connectivity index (χ2v) is 11.3. The van der Waals surface area contributed by atoms with Crippen molar-refractivity contribution in [1.29, 1.82) is 0 Å². The molecule has 0 saturated carbocycles. The average molecular weight is 582 g/mol. The minimum Gasteiger partial charge on any atom is -0.352 e. The normalized spacial score (nSPS) is 13.5. The van der Waals surface area contributed by atoms with Gasteiger partial charge in [-0.2, -0.15) is 13.2 Å². The Morgan fingerprint density at radius 3 is 2.22 bits per heavy atom. The molecule has 2 atom stereocenters. The zero-order valence-electron chi connectivity index (χ0n) is 20.6. The fourth-order valence-electron chi connectivity index (χ4n) is 3.33. The SMILES string of the molecule is CC[C@H](C)NC(=O)[C@@H](C)N(Cc1ccccc1Cl)C(=O)CN(c1cc(C(F)(F)F)ccc1Cl)S(C)(=O)=O. The lowest BCUT2D eigenvalue weighted by atomic mass is 10.1. The average Bonchev–Trinajstić information content (AvgIpc) is 2.80. The molecule has 0 aliphatic carbocycles. The van der Waals surface area contributed by atoms with Crippen LogP contribution in [0.1, 0.15) is 38.3 Å². The van der Waals surface area contributed by atoms with Crippen LogP contribution < -0.4 is 9.62 Å². The van der Waals surface area contributed by atoms with Crippen LogP contribution in [0.4, 0.5) is 18.9 Å². The monoisotopic (exact) mass is 581 g/mol. The van der Waals surface area contributed by atoms with Gasteiger partial charge in [0.1, 0.15) is 12.6 Å². The quantitative estimate of drug-likeness (QED) is 0.422. The van der Waals surface area contributed by atoms with Crippen molar-refractivity contribution in [3.8, 4) is 0 Å². The van der Waals surface area contributed by atoms with E-state index in [9.17, 15) is 31.2 Å². The van der Waals surface area contributed by atoms with Crippen molar-refractivity contribution in [3.05, 3.63) is 63.6 Å². The first-order valence-corrected chi connectivity index (χ1v) is 13.8. The van der Waals surface area contributed by atoms with Gasteiger partial charge in [-0.05, 0) is 50.1 Å². The number of alkyl halides is 3. The molecule has 2 rings (SSSR count). The number of nitrogens with zero attached hydrogens (tertiary/aromatic N) is 2. The van der Waals surface area contributed by atoms with Crippen LogP contribution in [0.15, 0.2) is 42.5 Å². The highest BCUT2D eigenvalue weighted by molar-refractivity contribution is 7.92. The highest BCUT2D eigenvalue weighted by Gasteiger charge is 2.35. The molecule has 2 aromatic rings. The van der Waals surface area contributed by atoms with Gasteiger partial charge in [-0.3, -0.25) is 13.9 Å². The molecule has 1 N–H and O–H groups in total. The number of sulfonamides is 1. The fraction of sp³-hybridized carbons (Fsp3) is 0.417. The molecule has 7 nitrogen and oxygen atoms in total. The Balaban J connectivity index is 2.51. The van der Waals surface area contributed by atoms with Crippen LogP contribution in [-0.2, 0) is 32.3 Å².